The molecule has 7 heteroatoms. The summed E-state index contributed by atoms with van der Waals surface area (Å²) < 4.78 is 1.89. The summed E-state index contributed by atoms with van der Waals surface area (Å²) >= 11 is 0. The van der Waals surface area contributed by atoms with Gasteiger partial charge in [-0.1, -0.05) is 49.4 Å². The van der Waals surface area contributed by atoms with Crippen LogP contribution in [0.2, 0.25) is 0 Å². The largest absolute Gasteiger partial charge is 0.350 e. The van der Waals surface area contributed by atoms with Crippen LogP contribution in [0.5, 0.6) is 0 Å². The maximum absolute atomic E-state index is 13.1. The van der Waals surface area contributed by atoms with Gasteiger partial charge in [-0.3, -0.25) is 14.4 Å². The third kappa shape index (κ3) is 3.86. The molecule has 2 heterocycles. The number of aryl methyl sites for hydroxylation is 1. The molecule has 1 unspecified atom stereocenters. The molecule has 1 aliphatic heterocycles. The van der Waals surface area contributed by atoms with Crippen LogP contribution in [-0.4, -0.2) is 46.3 Å². The number of carbonyl (C=O) groups is 3. The van der Waals surface area contributed by atoms with Crippen LogP contribution in [0.3, 0.4) is 0 Å². The van der Waals surface area contributed by atoms with Crippen molar-refractivity contribution < 1.29 is 14.4 Å². The molecule has 0 saturated carbocycles. The summed E-state index contributed by atoms with van der Waals surface area (Å²) in [6.45, 7) is 4.38. The number of amides is 3. The standard InChI is InChI=1S/C25H28N4O3/c1-4-17-9-11-18(12-10-17)14-26-22(30)15-27-24(32)25(2)16-29-20-8-6-5-7-19(20)13-21(29)23(31)28(25)3/h5-13H,4,14-16H2,1-3H3,(H,26,30)(H,27,32). The summed E-state index contributed by atoms with van der Waals surface area (Å²) in [5.74, 6) is -0.859. The Balaban J connectivity index is 1.41. The Morgan fingerprint density at radius 1 is 1.03 bits per heavy atom. The second-order valence-electron chi connectivity index (χ2n) is 8.44. The quantitative estimate of drug-likeness (QED) is 0.628. The van der Waals surface area contributed by atoms with Crippen molar-refractivity contribution in [2.24, 2.45) is 0 Å². The highest BCUT2D eigenvalue weighted by molar-refractivity contribution is 6.03. The highest BCUT2D eigenvalue weighted by Crippen LogP contribution is 2.31. The number of rotatable bonds is 6. The Morgan fingerprint density at radius 3 is 2.44 bits per heavy atom. The van der Waals surface area contributed by atoms with Crippen molar-refractivity contribution in [2.45, 2.75) is 38.9 Å². The van der Waals surface area contributed by atoms with Gasteiger partial charge in [-0.25, -0.2) is 0 Å². The number of nitrogens with one attached hydrogen (secondary N) is 2. The molecule has 0 aliphatic carbocycles. The molecule has 0 bridgehead atoms. The Kier molecular flexibility index (Phi) is 5.74. The first-order valence-electron chi connectivity index (χ1n) is 10.8. The van der Waals surface area contributed by atoms with Crippen molar-refractivity contribution >= 4 is 28.6 Å². The van der Waals surface area contributed by atoms with Gasteiger partial charge in [-0.15, -0.1) is 0 Å². The number of carbonyl (C=O) groups excluding carboxylic acids is 3. The second-order valence-corrected chi connectivity index (χ2v) is 8.44. The summed E-state index contributed by atoms with van der Waals surface area (Å²) in [5.41, 5.74) is 2.60. The topological polar surface area (TPSA) is 83.4 Å². The minimum atomic E-state index is -1.11. The predicted octanol–water partition coefficient (Wildman–Crippen LogP) is 2.48. The lowest BCUT2D eigenvalue weighted by Gasteiger charge is -2.41. The fraction of sp³-hybridized carbons (Fsp3) is 0.320. The van der Waals surface area contributed by atoms with Gasteiger partial charge in [0.25, 0.3) is 5.91 Å². The molecule has 1 aromatic heterocycles. The van der Waals surface area contributed by atoms with Gasteiger partial charge in [0.15, 0.2) is 0 Å². The zero-order chi connectivity index (χ0) is 22.9. The summed E-state index contributed by atoms with van der Waals surface area (Å²) in [6.07, 6.45) is 0.967. The zero-order valence-corrected chi connectivity index (χ0v) is 18.6. The van der Waals surface area contributed by atoms with Crippen molar-refractivity contribution in [3.8, 4) is 0 Å². The zero-order valence-electron chi connectivity index (χ0n) is 18.6. The van der Waals surface area contributed by atoms with Crippen molar-refractivity contribution in [3.05, 3.63) is 71.4 Å². The third-order valence-electron chi connectivity index (χ3n) is 6.36. The number of nitrogens with zero attached hydrogens (tertiary/aromatic N) is 2. The summed E-state index contributed by atoms with van der Waals surface area (Å²) in [6, 6.07) is 17.6. The first-order chi connectivity index (χ1) is 15.3. The third-order valence-corrected chi connectivity index (χ3v) is 6.36. The van der Waals surface area contributed by atoms with E-state index in [-0.39, 0.29) is 24.3 Å². The van der Waals surface area contributed by atoms with Crippen LogP contribution < -0.4 is 10.6 Å². The number of fused-ring (bicyclic) bond motifs is 3. The number of hydrogen-bond donors (Lipinski definition) is 2. The number of para-hydroxylation sites is 1. The van der Waals surface area contributed by atoms with E-state index in [1.165, 1.54) is 10.5 Å². The number of benzene rings is 2. The van der Waals surface area contributed by atoms with Gasteiger partial charge in [0.05, 0.1) is 13.1 Å². The van der Waals surface area contributed by atoms with Crippen molar-refractivity contribution in [2.75, 3.05) is 13.6 Å². The van der Waals surface area contributed by atoms with E-state index in [0.717, 1.165) is 22.9 Å². The van der Waals surface area contributed by atoms with Gasteiger partial charge in [-0.05, 0) is 36.6 Å². The fourth-order valence-corrected chi connectivity index (χ4v) is 4.10. The van der Waals surface area contributed by atoms with Gasteiger partial charge in [0.2, 0.25) is 11.8 Å². The average molecular weight is 433 g/mol. The molecular formula is C25H28N4O3. The molecule has 0 radical (unpaired) electrons. The van der Waals surface area contributed by atoms with E-state index in [1.54, 1.807) is 14.0 Å². The Labute approximate surface area is 187 Å². The molecule has 2 N–H and O–H groups in total. The first kappa shape index (κ1) is 21.6. The molecule has 32 heavy (non-hydrogen) atoms. The molecule has 1 atom stereocenters. The normalized spacial score (nSPS) is 17.8. The van der Waals surface area contributed by atoms with Crippen LogP contribution >= 0.6 is 0 Å². The maximum Gasteiger partial charge on any atom is 0.271 e. The lowest BCUT2D eigenvalue weighted by Crippen LogP contribution is -2.63. The van der Waals surface area contributed by atoms with Gasteiger partial charge < -0.3 is 20.1 Å². The van der Waals surface area contributed by atoms with E-state index in [4.69, 9.17) is 0 Å². The van der Waals surface area contributed by atoms with Crippen molar-refractivity contribution in [3.63, 3.8) is 0 Å². The average Bonchev–Trinajstić information content (AvgIpc) is 3.18. The number of likely N-dealkylation sites (N-methyl/N-ethyl adjacent to an activating group) is 1. The molecule has 0 spiro atoms. The summed E-state index contributed by atoms with van der Waals surface area (Å²) in [5, 5.41) is 6.49. The van der Waals surface area contributed by atoms with E-state index in [1.807, 2.05) is 59.2 Å². The van der Waals surface area contributed by atoms with E-state index < -0.39 is 5.54 Å². The molecule has 2 aromatic carbocycles. The van der Waals surface area contributed by atoms with Gasteiger partial charge >= 0.3 is 0 Å². The minimum absolute atomic E-state index is 0.150. The SMILES string of the molecule is CCc1ccc(CNC(=O)CNC(=O)C2(C)Cn3c(cc4ccccc43)C(=O)N2C)cc1. The minimum Gasteiger partial charge on any atom is -0.350 e. The molecule has 3 amide bonds. The van der Waals surface area contributed by atoms with Crippen LogP contribution in [0.25, 0.3) is 10.9 Å². The number of aromatic nitrogens is 1. The van der Waals surface area contributed by atoms with Crippen molar-refractivity contribution in [1.29, 1.82) is 0 Å². The molecule has 0 saturated heterocycles. The van der Waals surface area contributed by atoms with E-state index >= 15 is 0 Å². The first-order valence-corrected chi connectivity index (χ1v) is 10.8. The maximum atomic E-state index is 13.1. The van der Waals surface area contributed by atoms with E-state index in [2.05, 4.69) is 17.6 Å². The smallest absolute Gasteiger partial charge is 0.271 e. The summed E-state index contributed by atoms with van der Waals surface area (Å²) in [7, 11) is 1.63. The summed E-state index contributed by atoms with van der Waals surface area (Å²) in [4.78, 5) is 39.8. The second kappa shape index (κ2) is 8.49. The molecule has 7 nitrogen and oxygen atoms in total. The number of hydrogen-bond acceptors (Lipinski definition) is 3. The van der Waals surface area contributed by atoms with E-state index in [0.29, 0.717) is 18.8 Å². The predicted molar refractivity (Wildman–Crippen MR) is 123 cm³/mol. The monoisotopic (exact) mass is 432 g/mol. The van der Waals surface area contributed by atoms with Crippen molar-refractivity contribution in [1.82, 2.24) is 20.1 Å². The van der Waals surface area contributed by atoms with E-state index in [9.17, 15) is 14.4 Å². The molecule has 1 aliphatic rings. The van der Waals surface area contributed by atoms with Gasteiger partial charge in [-0.2, -0.15) is 0 Å². The lowest BCUT2D eigenvalue weighted by molar-refractivity contribution is -0.134. The Morgan fingerprint density at radius 2 is 1.72 bits per heavy atom. The molecule has 4 rings (SSSR count). The van der Waals surface area contributed by atoms with Crippen LogP contribution in [0, 0.1) is 0 Å². The van der Waals surface area contributed by atoms with Gasteiger partial charge in [0.1, 0.15) is 11.2 Å². The van der Waals surface area contributed by atoms with Crippen LogP contribution in [-0.2, 0) is 29.1 Å². The lowest BCUT2D eigenvalue weighted by atomic mass is 9.95. The van der Waals surface area contributed by atoms with Crippen LogP contribution in [0.4, 0.5) is 0 Å². The Bertz CT molecular complexity index is 1180. The highest BCUT2D eigenvalue weighted by atomic mass is 16.2. The molecular weight excluding hydrogens is 404 g/mol. The molecule has 3 aromatic rings. The Hall–Kier alpha value is -3.61. The van der Waals surface area contributed by atoms with Gasteiger partial charge in [0, 0.05) is 24.5 Å². The molecule has 0 fully saturated rings. The van der Waals surface area contributed by atoms with Crippen LogP contribution in [0.1, 0.15) is 35.5 Å². The van der Waals surface area contributed by atoms with Crippen LogP contribution in [0.15, 0.2) is 54.6 Å². The molecule has 166 valence electrons. The highest BCUT2D eigenvalue weighted by Gasteiger charge is 2.45. The fourth-order valence-electron chi connectivity index (χ4n) is 4.10.